The second-order valence-electron chi connectivity index (χ2n) is 7.15. The van der Waals surface area contributed by atoms with E-state index in [4.69, 9.17) is 0 Å². The van der Waals surface area contributed by atoms with Crippen molar-refractivity contribution in [1.29, 1.82) is 0 Å². The van der Waals surface area contributed by atoms with Gasteiger partial charge in [-0.05, 0) is 42.9 Å². The van der Waals surface area contributed by atoms with Gasteiger partial charge in [-0.2, -0.15) is 0 Å². The predicted molar refractivity (Wildman–Crippen MR) is 93.0 cm³/mol. The van der Waals surface area contributed by atoms with E-state index in [1.54, 1.807) is 5.56 Å². The molecule has 1 heterocycles. The highest BCUT2D eigenvalue weighted by molar-refractivity contribution is 8.00. The van der Waals surface area contributed by atoms with Crippen LogP contribution in [0.1, 0.15) is 51.5 Å². The molecule has 0 aromatic heterocycles. The summed E-state index contributed by atoms with van der Waals surface area (Å²) in [6, 6.07) is 9.61. The highest BCUT2D eigenvalue weighted by atomic mass is 32.2. The summed E-state index contributed by atoms with van der Waals surface area (Å²) in [4.78, 5) is 1.53. The third-order valence-electron chi connectivity index (χ3n) is 5.13. The molecule has 1 saturated carbocycles. The molecule has 1 fully saturated rings. The van der Waals surface area contributed by atoms with Gasteiger partial charge >= 0.3 is 0 Å². The van der Waals surface area contributed by atoms with Gasteiger partial charge in [0.05, 0.1) is 0 Å². The molecular weight excluding hydrogens is 274 g/mol. The van der Waals surface area contributed by atoms with Crippen molar-refractivity contribution in [2.75, 3.05) is 6.54 Å². The average molecular weight is 304 g/mol. The molecule has 0 amide bonds. The molecule has 0 bridgehead atoms. The van der Waals surface area contributed by atoms with E-state index in [9.17, 15) is 0 Å². The summed E-state index contributed by atoms with van der Waals surface area (Å²) in [6.45, 7) is 5.76. The molecular formula is C19H29NS. The molecule has 1 aromatic rings. The summed E-state index contributed by atoms with van der Waals surface area (Å²) in [7, 11) is 0. The predicted octanol–water partition coefficient (Wildman–Crippen LogP) is 4.90. The highest BCUT2D eigenvalue weighted by Gasteiger charge is 2.30. The van der Waals surface area contributed by atoms with Crippen molar-refractivity contribution in [3.63, 3.8) is 0 Å². The van der Waals surface area contributed by atoms with Crippen molar-refractivity contribution < 1.29 is 0 Å². The Morgan fingerprint density at radius 2 is 1.95 bits per heavy atom. The van der Waals surface area contributed by atoms with E-state index in [0.29, 0.717) is 6.04 Å². The fourth-order valence-corrected chi connectivity index (χ4v) is 5.41. The number of rotatable bonds is 6. The fraction of sp³-hybridized carbons (Fsp3) is 0.684. The first-order valence-electron chi connectivity index (χ1n) is 8.70. The maximum atomic E-state index is 3.71. The molecule has 1 aliphatic carbocycles. The van der Waals surface area contributed by atoms with E-state index < -0.39 is 0 Å². The smallest absolute Gasteiger partial charge is 0.0138 e. The third-order valence-corrected chi connectivity index (χ3v) is 6.48. The monoisotopic (exact) mass is 303 g/mol. The molecule has 2 aliphatic rings. The Hall–Kier alpha value is -0.470. The SMILES string of the molecule is CC(C)NCC(CC1Cc2ccccc2S1)C1CCCC1. The van der Waals surface area contributed by atoms with E-state index in [1.165, 1.54) is 50.0 Å². The van der Waals surface area contributed by atoms with Crippen LogP contribution in [0.4, 0.5) is 0 Å². The number of nitrogens with one attached hydrogen (secondary N) is 1. The second kappa shape index (κ2) is 7.19. The molecule has 3 rings (SSSR count). The van der Waals surface area contributed by atoms with Crippen molar-refractivity contribution in [2.24, 2.45) is 11.8 Å². The van der Waals surface area contributed by atoms with E-state index in [0.717, 1.165) is 17.1 Å². The zero-order chi connectivity index (χ0) is 14.7. The van der Waals surface area contributed by atoms with Crippen LogP contribution in [-0.4, -0.2) is 17.8 Å². The van der Waals surface area contributed by atoms with Crippen molar-refractivity contribution in [3.8, 4) is 0 Å². The molecule has 2 unspecified atom stereocenters. The minimum Gasteiger partial charge on any atom is -0.314 e. The van der Waals surface area contributed by atoms with Crippen LogP contribution in [-0.2, 0) is 6.42 Å². The molecule has 1 aromatic carbocycles. The standard InChI is InChI=1S/C19H29NS/c1-14(2)20-13-17(15-7-3-4-8-15)12-18-11-16-9-5-6-10-19(16)21-18/h5-6,9-10,14-15,17-18,20H,3-4,7-8,11-13H2,1-2H3. The van der Waals surface area contributed by atoms with Crippen LogP contribution >= 0.6 is 11.8 Å². The normalized spacial score (nSPS) is 23.7. The van der Waals surface area contributed by atoms with Crippen LogP contribution in [0.3, 0.4) is 0 Å². The summed E-state index contributed by atoms with van der Waals surface area (Å²) in [5.41, 5.74) is 1.58. The lowest BCUT2D eigenvalue weighted by molar-refractivity contribution is 0.295. The lowest BCUT2D eigenvalue weighted by atomic mass is 9.85. The second-order valence-corrected chi connectivity index (χ2v) is 8.50. The number of thioether (sulfide) groups is 1. The maximum absolute atomic E-state index is 3.71. The molecule has 1 aliphatic heterocycles. The Morgan fingerprint density at radius 3 is 2.67 bits per heavy atom. The van der Waals surface area contributed by atoms with Crippen LogP contribution in [0.5, 0.6) is 0 Å². The molecule has 0 radical (unpaired) electrons. The number of hydrogen-bond donors (Lipinski definition) is 1. The Labute approximate surface area is 134 Å². The average Bonchev–Trinajstić information content (AvgIpc) is 3.11. The zero-order valence-electron chi connectivity index (χ0n) is 13.5. The van der Waals surface area contributed by atoms with Gasteiger partial charge in [0, 0.05) is 16.2 Å². The largest absolute Gasteiger partial charge is 0.314 e. The van der Waals surface area contributed by atoms with E-state index in [2.05, 4.69) is 55.2 Å². The maximum Gasteiger partial charge on any atom is 0.0138 e. The Kier molecular flexibility index (Phi) is 5.29. The van der Waals surface area contributed by atoms with E-state index in [-0.39, 0.29) is 0 Å². The van der Waals surface area contributed by atoms with Gasteiger partial charge < -0.3 is 5.32 Å². The number of fused-ring (bicyclic) bond motifs is 1. The number of hydrogen-bond acceptors (Lipinski definition) is 2. The van der Waals surface area contributed by atoms with Crippen LogP contribution in [0.25, 0.3) is 0 Å². The van der Waals surface area contributed by atoms with Gasteiger partial charge in [0.2, 0.25) is 0 Å². The number of benzene rings is 1. The minimum absolute atomic E-state index is 0.613. The first kappa shape index (κ1) is 15.4. The Balaban J connectivity index is 1.59. The van der Waals surface area contributed by atoms with Gasteiger partial charge in [-0.1, -0.05) is 57.7 Å². The van der Waals surface area contributed by atoms with Gasteiger partial charge in [-0.3, -0.25) is 0 Å². The summed E-state index contributed by atoms with van der Waals surface area (Å²) in [5, 5.41) is 4.52. The zero-order valence-corrected chi connectivity index (χ0v) is 14.3. The lowest BCUT2D eigenvalue weighted by Gasteiger charge is -2.27. The Bertz CT molecular complexity index is 426. The first-order valence-corrected chi connectivity index (χ1v) is 9.58. The molecule has 2 atom stereocenters. The third kappa shape index (κ3) is 4.04. The van der Waals surface area contributed by atoms with Crippen molar-refractivity contribution >= 4 is 11.8 Å². The summed E-state index contributed by atoms with van der Waals surface area (Å²) in [5.74, 6) is 1.85. The van der Waals surface area contributed by atoms with Gasteiger partial charge in [-0.15, -0.1) is 11.8 Å². The summed E-state index contributed by atoms with van der Waals surface area (Å²) < 4.78 is 0. The van der Waals surface area contributed by atoms with Crippen LogP contribution in [0.15, 0.2) is 29.2 Å². The quantitative estimate of drug-likeness (QED) is 0.802. The van der Waals surface area contributed by atoms with Crippen LogP contribution in [0.2, 0.25) is 0 Å². The van der Waals surface area contributed by atoms with Crippen molar-refractivity contribution in [3.05, 3.63) is 29.8 Å². The van der Waals surface area contributed by atoms with Gasteiger partial charge in [0.1, 0.15) is 0 Å². The van der Waals surface area contributed by atoms with Crippen LogP contribution in [0, 0.1) is 11.8 Å². The van der Waals surface area contributed by atoms with Crippen molar-refractivity contribution in [1.82, 2.24) is 5.32 Å². The van der Waals surface area contributed by atoms with Gasteiger partial charge in [-0.25, -0.2) is 0 Å². The van der Waals surface area contributed by atoms with E-state index >= 15 is 0 Å². The molecule has 0 spiro atoms. The highest BCUT2D eigenvalue weighted by Crippen LogP contribution is 2.42. The molecule has 0 saturated heterocycles. The van der Waals surface area contributed by atoms with Gasteiger partial charge in [0.15, 0.2) is 0 Å². The first-order chi connectivity index (χ1) is 10.2. The summed E-state index contributed by atoms with van der Waals surface area (Å²) in [6.07, 6.45) is 8.53. The molecule has 21 heavy (non-hydrogen) atoms. The van der Waals surface area contributed by atoms with E-state index in [1.807, 2.05) is 0 Å². The molecule has 1 nitrogen and oxygen atoms in total. The van der Waals surface area contributed by atoms with Crippen LogP contribution < -0.4 is 5.32 Å². The van der Waals surface area contributed by atoms with Gasteiger partial charge in [0.25, 0.3) is 0 Å². The lowest BCUT2D eigenvalue weighted by Crippen LogP contribution is -2.33. The molecule has 1 N–H and O–H groups in total. The van der Waals surface area contributed by atoms with Crippen molar-refractivity contribution in [2.45, 2.75) is 68.6 Å². The fourth-order valence-electron chi connectivity index (χ4n) is 3.98. The molecule has 116 valence electrons. The topological polar surface area (TPSA) is 12.0 Å². The Morgan fingerprint density at radius 1 is 1.19 bits per heavy atom. The summed E-state index contributed by atoms with van der Waals surface area (Å²) >= 11 is 2.13. The molecule has 2 heteroatoms. The minimum atomic E-state index is 0.613.